The molecule has 1 heterocycles. The van der Waals surface area contributed by atoms with Crippen molar-refractivity contribution in [3.8, 4) is 17.2 Å². The Hall–Kier alpha value is -1.13. The topological polar surface area (TPSA) is 64.7 Å². The van der Waals surface area contributed by atoms with Crippen LogP contribution in [0.1, 0.15) is 24.8 Å². The third kappa shape index (κ3) is 1.40. The first-order chi connectivity index (χ1) is 8.18. The van der Waals surface area contributed by atoms with Crippen molar-refractivity contribution in [2.24, 2.45) is 5.73 Å². The molecule has 1 aromatic carbocycles. The Morgan fingerprint density at radius 3 is 2.76 bits per heavy atom. The summed E-state index contributed by atoms with van der Waals surface area (Å²) >= 11 is 6.09. The summed E-state index contributed by atoms with van der Waals surface area (Å²) in [6, 6.07) is 1.82. The average Bonchev–Trinajstić information content (AvgIpc) is 2.72. The zero-order valence-electron chi connectivity index (χ0n) is 9.33. The highest BCUT2D eigenvalue weighted by Crippen LogP contribution is 2.53. The van der Waals surface area contributed by atoms with E-state index < -0.39 is 0 Å². The van der Waals surface area contributed by atoms with E-state index in [0.717, 1.165) is 24.8 Å². The standard InChI is InChI=1S/C12H14ClNO3/c13-9-10(15)7(12(5-14)2-1-3-12)4-8-11(9)17-6-16-8/h4,15H,1-3,5-6,14H2. The second-order valence-electron chi connectivity index (χ2n) is 4.66. The molecule has 0 amide bonds. The smallest absolute Gasteiger partial charge is 0.231 e. The monoisotopic (exact) mass is 255 g/mol. The lowest BCUT2D eigenvalue weighted by atomic mass is 9.64. The van der Waals surface area contributed by atoms with Crippen molar-refractivity contribution < 1.29 is 14.6 Å². The molecule has 1 aliphatic heterocycles. The second kappa shape index (κ2) is 3.68. The molecule has 92 valence electrons. The summed E-state index contributed by atoms with van der Waals surface area (Å²) in [7, 11) is 0. The van der Waals surface area contributed by atoms with Gasteiger partial charge in [0, 0.05) is 17.5 Å². The van der Waals surface area contributed by atoms with Gasteiger partial charge in [-0.15, -0.1) is 0 Å². The summed E-state index contributed by atoms with van der Waals surface area (Å²) in [5, 5.41) is 10.4. The Labute approximate surface area is 104 Å². The van der Waals surface area contributed by atoms with E-state index in [1.807, 2.05) is 6.07 Å². The summed E-state index contributed by atoms with van der Waals surface area (Å²) in [6.07, 6.45) is 3.09. The molecule has 0 unspecified atom stereocenters. The van der Waals surface area contributed by atoms with Gasteiger partial charge < -0.3 is 20.3 Å². The van der Waals surface area contributed by atoms with Gasteiger partial charge in [-0.1, -0.05) is 18.0 Å². The molecule has 0 saturated heterocycles. The molecule has 0 aromatic heterocycles. The Kier molecular flexibility index (Phi) is 2.38. The Balaban J connectivity index is 2.14. The minimum Gasteiger partial charge on any atom is -0.506 e. The summed E-state index contributed by atoms with van der Waals surface area (Å²) < 4.78 is 10.5. The van der Waals surface area contributed by atoms with Gasteiger partial charge in [0.25, 0.3) is 0 Å². The van der Waals surface area contributed by atoms with Crippen molar-refractivity contribution in [1.82, 2.24) is 0 Å². The van der Waals surface area contributed by atoms with E-state index in [2.05, 4.69) is 0 Å². The normalized spacial score (nSPS) is 20.1. The largest absolute Gasteiger partial charge is 0.506 e. The predicted molar refractivity (Wildman–Crippen MR) is 63.8 cm³/mol. The highest BCUT2D eigenvalue weighted by molar-refractivity contribution is 6.34. The van der Waals surface area contributed by atoms with Crippen molar-refractivity contribution in [2.45, 2.75) is 24.7 Å². The van der Waals surface area contributed by atoms with Crippen LogP contribution in [-0.2, 0) is 5.41 Å². The van der Waals surface area contributed by atoms with Crippen LogP contribution in [0.2, 0.25) is 5.02 Å². The number of rotatable bonds is 2. The minimum absolute atomic E-state index is 0.0843. The van der Waals surface area contributed by atoms with Gasteiger partial charge in [-0.05, 0) is 18.9 Å². The fourth-order valence-corrected chi connectivity index (χ4v) is 2.83. The maximum Gasteiger partial charge on any atom is 0.231 e. The van der Waals surface area contributed by atoms with Crippen molar-refractivity contribution in [3.05, 3.63) is 16.7 Å². The first-order valence-corrected chi connectivity index (χ1v) is 6.07. The fourth-order valence-electron chi connectivity index (χ4n) is 2.58. The Bertz CT molecular complexity index is 466. The van der Waals surface area contributed by atoms with Crippen LogP contribution in [0.15, 0.2) is 6.07 Å². The number of aromatic hydroxyl groups is 1. The number of hydrogen-bond donors (Lipinski definition) is 2. The zero-order valence-corrected chi connectivity index (χ0v) is 10.1. The lowest BCUT2D eigenvalue weighted by Crippen LogP contribution is -2.41. The lowest BCUT2D eigenvalue weighted by molar-refractivity contribution is 0.173. The third-order valence-corrected chi connectivity index (χ3v) is 4.20. The van der Waals surface area contributed by atoms with E-state index in [-0.39, 0.29) is 23.0 Å². The van der Waals surface area contributed by atoms with Crippen LogP contribution in [0.25, 0.3) is 0 Å². The fraction of sp³-hybridized carbons (Fsp3) is 0.500. The van der Waals surface area contributed by atoms with Gasteiger partial charge in [-0.3, -0.25) is 0 Å². The summed E-state index contributed by atoms with van der Waals surface area (Å²) in [5.74, 6) is 1.11. The van der Waals surface area contributed by atoms with E-state index in [1.165, 1.54) is 0 Å². The van der Waals surface area contributed by atoms with Gasteiger partial charge >= 0.3 is 0 Å². The molecule has 0 atom stereocenters. The Morgan fingerprint density at radius 1 is 1.41 bits per heavy atom. The van der Waals surface area contributed by atoms with Crippen LogP contribution >= 0.6 is 11.6 Å². The van der Waals surface area contributed by atoms with Crippen molar-refractivity contribution >= 4 is 11.6 Å². The molecule has 0 bridgehead atoms. The van der Waals surface area contributed by atoms with Gasteiger partial charge in [0.05, 0.1) is 0 Å². The predicted octanol–water partition coefficient (Wildman–Crippen LogP) is 2.15. The summed E-state index contributed by atoms with van der Waals surface area (Å²) in [6.45, 7) is 0.657. The van der Waals surface area contributed by atoms with Crippen molar-refractivity contribution in [2.75, 3.05) is 13.3 Å². The van der Waals surface area contributed by atoms with Gasteiger partial charge in [0.15, 0.2) is 11.5 Å². The summed E-state index contributed by atoms with van der Waals surface area (Å²) in [4.78, 5) is 0. The van der Waals surface area contributed by atoms with E-state index in [9.17, 15) is 5.11 Å². The maximum atomic E-state index is 10.2. The van der Waals surface area contributed by atoms with Crippen LogP contribution in [0, 0.1) is 0 Å². The molecule has 2 aliphatic rings. The number of halogens is 1. The molecule has 0 radical (unpaired) electrons. The molecule has 1 fully saturated rings. The molecule has 3 N–H and O–H groups in total. The van der Waals surface area contributed by atoms with Crippen molar-refractivity contribution in [3.63, 3.8) is 0 Å². The van der Waals surface area contributed by atoms with Crippen molar-refractivity contribution in [1.29, 1.82) is 0 Å². The molecular weight excluding hydrogens is 242 g/mol. The van der Waals surface area contributed by atoms with Gasteiger partial charge in [-0.2, -0.15) is 0 Å². The van der Waals surface area contributed by atoms with Crippen LogP contribution in [0.4, 0.5) is 0 Å². The summed E-state index contributed by atoms with van der Waals surface area (Å²) in [5.41, 5.74) is 6.49. The van der Waals surface area contributed by atoms with Crippen LogP contribution in [-0.4, -0.2) is 18.4 Å². The van der Waals surface area contributed by atoms with Gasteiger partial charge in [0.1, 0.15) is 10.8 Å². The van der Waals surface area contributed by atoms with E-state index in [0.29, 0.717) is 18.0 Å². The van der Waals surface area contributed by atoms with Gasteiger partial charge in [0.2, 0.25) is 6.79 Å². The number of ether oxygens (including phenoxy) is 2. The van der Waals surface area contributed by atoms with Crippen LogP contribution < -0.4 is 15.2 Å². The number of phenols is 1. The molecule has 1 saturated carbocycles. The lowest BCUT2D eigenvalue weighted by Gasteiger charge is -2.41. The minimum atomic E-state index is -0.144. The van der Waals surface area contributed by atoms with Crippen LogP contribution in [0.5, 0.6) is 17.2 Å². The highest BCUT2D eigenvalue weighted by Gasteiger charge is 2.41. The number of hydrogen-bond acceptors (Lipinski definition) is 4. The quantitative estimate of drug-likeness (QED) is 0.850. The third-order valence-electron chi connectivity index (χ3n) is 3.85. The molecule has 17 heavy (non-hydrogen) atoms. The molecule has 0 spiro atoms. The zero-order chi connectivity index (χ0) is 12.0. The molecule has 3 rings (SSSR count). The Morgan fingerprint density at radius 2 is 2.18 bits per heavy atom. The number of nitrogens with two attached hydrogens (primary N) is 1. The molecule has 1 aromatic rings. The second-order valence-corrected chi connectivity index (χ2v) is 5.04. The van der Waals surface area contributed by atoms with E-state index in [1.54, 1.807) is 0 Å². The molecule has 1 aliphatic carbocycles. The first kappa shape index (κ1) is 11.0. The average molecular weight is 256 g/mol. The van der Waals surface area contributed by atoms with Gasteiger partial charge in [-0.25, -0.2) is 0 Å². The highest BCUT2D eigenvalue weighted by atomic mass is 35.5. The molecule has 4 nitrogen and oxygen atoms in total. The number of phenolic OH excluding ortho intramolecular Hbond substituents is 1. The number of benzene rings is 1. The molecule has 5 heteroatoms. The van der Waals surface area contributed by atoms with E-state index in [4.69, 9.17) is 26.8 Å². The van der Waals surface area contributed by atoms with Crippen LogP contribution in [0.3, 0.4) is 0 Å². The number of fused-ring (bicyclic) bond motifs is 1. The van der Waals surface area contributed by atoms with E-state index >= 15 is 0 Å². The SMILES string of the molecule is NCC1(c2cc3c(c(Cl)c2O)OCO3)CCC1. The maximum absolute atomic E-state index is 10.2. The molecular formula is C12H14ClNO3. The first-order valence-electron chi connectivity index (χ1n) is 5.69.